The van der Waals surface area contributed by atoms with Gasteiger partial charge in [0.1, 0.15) is 17.6 Å². The van der Waals surface area contributed by atoms with Crippen LogP contribution in [0.3, 0.4) is 0 Å². The Morgan fingerprint density at radius 2 is 1.91 bits per heavy atom. The van der Waals surface area contributed by atoms with E-state index in [4.69, 9.17) is 4.74 Å². The first-order valence-electron chi connectivity index (χ1n) is 11.0. The third kappa shape index (κ3) is 5.67. The van der Waals surface area contributed by atoms with E-state index in [1.165, 1.54) is 12.1 Å². The second-order valence-electron chi connectivity index (χ2n) is 8.71. The number of carbonyl (C=O) groups excluding carboxylic acids is 1. The Morgan fingerprint density at radius 3 is 2.58 bits per heavy atom. The molecule has 2 aromatic heterocycles. The average molecular weight is 466 g/mol. The van der Waals surface area contributed by atoms with Crippen molar-refractivity contribution >= 4 is 5.91 Å². The molecule has 178 valence electrons. The van der Waals surface area contributed by atoms with Gasteiger partial charge in [-0.2, -0.15) is 13.2 Å². The highest BCUT2D eigenvalue weighted by Crippen LogP contribution is 2.33. The molecule has 1 amide bonds. The lowest BCUT2D eigenvalue weighted by Gasteiger charge is -2.49. The van der Waals surface area contributed by atoms with Gasteiger partial charge in [0.05, 0.1) is 30.6 Å². The number of rotatable bonds is 5. The Kier molecular flexibility index (Phi) is 6.67. The minimum atomic E-state index is -4.45. The predicted octanol–water partition coefficient (Wildman–Crippen LogP) is 3.46. The van der Waals surface area contributed by atoms with Crippen LogP contribution in [-0.2, 0) is 28.7 Å². The first-order valence-corrected chi connectivity index (χ1v) is 11.0. The van der Waals surface area contributed by atoms with E-state index < -0.39 is 29.4 Å². The molecule has 0 N–H and O–H groups in total. The lowest BCUT2D eigenvalue weighted by Crippen LogP contribution is -2.61. The molecule has 0 bridgehead atoms. The Hall–Kier alpha value is -2.59. The number of ether oxygens (including phenoxy) is 1. The summed E-state index contributed by atoms with van der Waals surface area (Å²) in [5, 5.41) is 0. The molecule has 0 aliphatic carbocycles. The van der Waals surface area contributed by atoms with E-state index in [-0.39, 0.29) is 5.91 Å². The number of pyridine rings is 2. The van der Waals surface area contributed by atoms with Crippen molar-refractivity contribution in [3.05, 3.63) is 59.4 Å². The van der Waals surface area contributed by atoms with Crippen LogP contribution in [0.2, 0.25) is 0 Å². The van der Waals surface area contributed by atoms with E-state index in [1.807, 2.05) is 0 Å². The largest absolute Gasteiger partial charge is 0.433 e. The number of likely N-dealkylation sites (tertiary alicyclic amines) is 1. The molecule has 2 fully saturated rings. The number of halogens is 4. The monoisotopic (exact) mass is 466 g/mol. The van der Waals surface area contributed by atoms with Crippen LogP contribution >= 0.6 is 0 Å². The molecule has 33 heavy (non-hydrogen) atoms. The number of alkyl halides is 3. The Morgan fingerprint density at radius 1 is 1.15 bits per heavy atom. The van der Waals surface area contributed by atoms with Crippen molar-refractivity contribution in [2.75, 3.05) is 26.2 Å². The summed E-state index contributed by atoms with van der Waals surface area (Å²) in [6.07, 6.45) is -2.07. The van der Waals surface area contributed by atoms with Gasteiger partial charge in [0, 0.05) is 31.7 Å². The summed E-state index contributed by atoms with van der Waals surface area (Å²) in [7, 11) is 0. The van der Waals surface area contributed by atoms with Crippen LogP contribution in [0.25, 0.3) is 0 Å². The van der Waals surface area contributed by atoms with Crippen LogP contribution in [0, 0.1) is 5.82 Å². The van der Waals surface area contributed by atoms with Gasteiger partial charge in [0.2, 0.25) is 0 Å². The maximum atomic E-state index is 13.1. The molecular weight excluding hydrogens is 440 g/mol. The van der Waals surface area contributed by atoms with Gasteiger partial charge in [-0.05, 0) is 44.0 Å². The highest BCUT2D eigenvalue weighted by molar-refractivity contribution is 5.81. The first-order chi connectivity index (χ1) is 15.6. The van der Waals surface area contributed by atoms with E-state index in [0.29, 0.717) is 63.4 Å². The summed E-state index contributed by atoms with van der Waals surface area (Å²) >= 11 is 0. The van der Waals surface area contributed by atoms with Gasteiger partial charge in [0.25, 0.3) is 5.91 Å². The molecule has 2 saturated heterocycles. The van der Waals surface area contributed by atoms with Crippen molar-refractivity contribution in [2.24, 2.45) is 0 Å². The summed E-state index contributed by atoms with van der Waals surface area (Å²) in [5.74, 6) is -0.547. The zero-order valence-corrected chi connectivity index (χ0v) is 18.3. The fourth-order valence-corrected chi connectivity index (χ4v) is 4.48. The zero-order chi connectivity index (χ0) is 23.6. The SMILES string of the molecule is CC1OC2(CCN(CCc3cccc(C(F)(F)F)n3)CC2)CN(Cc2ccc(F)cn2)C1=O. The number of piperidine rings is 1. The lowest BCUT2D eigenvalue weighted by molar-refractivity contribution is -0.190. The summed E-state index contributed by atoms with van der Waals surface area (Å²) in [6.45, 7) is 4.48. The third-order valence-electron chi connectivity index (χ3n) is 6.26. The second kappa shape index (κ2) is 9.34. The molecule has 1 unspecified atom stereocenters. The average Bonchev–Trinajstić information content (AvgIpc) is 2.78. The van der Waals surface area contributed by atoms with Crippen molar-refractivity contribution in [1.82, 2.24) is 19.8 Å². The highest BCUT2D eigenvalue weighted by Gasteiger charge is 2.45. The summed E-state index contributed by atoms with van der Waals surface area (Å²) in [6, 6.07) is 6.86. The van der Waals surface area contributed by atoms with E-state index in [2.05, 4.69) is 14.9 Å². The van der Waals surface area contributed by atoms with Crippen molar-refractivity contribution in [3.63, 3.8) is 0 Å². The standard InChI is InChI=1S/C23H26F4N4O2/c1-16-21(32)31(14-19-6-5-17(24)13-28-19)15-22(33-16)8-11-30(12-9-22)10-7-18-3-2-4-20(29-18)23(25,26)27/h2-6,13,16H,7-12,14-15H2,1H3. The van der Waals surface area contributed by atoms with Crippen molar-refractivity contribution in [2.45, 2.75) is 50.6 Å². The summed E-state index contributed by atoms with van der Waals surface area (Å²) < 4.78 is 57.9. The Balaban J connectivity index is 1.34. The van der Waals surface area contributed by atoms with E-state index in [0.717, 1.165) is 12.3 Å². The zero-order valence-electron chi connectivity index (χ0n) is 18.3. The van der Waals surface area contributed by atoms with E-state index >= 15 is 0 Å². The second-order valence-corrected chi connectivity index (χ2v) is 8.71. The van der Waals surface area contributed by atoms with Gasteiger partial charge in [-0.15, -0.1) is 0 Å². The van der Waals surface area contributed by atoms with Crippen LogP contribution in [0.4, 0.5) is 17.6 Å². The van der Waals surface area contributed by atoms with Crippen LogP contribution in [0.15, 0.2) is 36.5 Å². The number of nitrogens with zero attached hydrogens (tertiary/aromatic N) is 4. The minimum Gasteiger partial charge on any atom is -0.360 e. The molecular formula is C23H26F4N4O2. The number of aromatic nitrogens is 2. The van der Waals surface area contributed by atoms with Crippen LogP contribution in [0.5, 0.6) is 0 Å². The predicted molar refractivity (Wildman–Crippen MR) is 112 cm³/mol. The van der Waals surface area contributed by atoms with E-state index in [9.17, 15) is 22.4 Å². The maximum absolute atomic E-state index is 13.1. The van der Waals surface area contributed by atoms with Gasteiger partial charge in [0.15, 0.2) is 0 Å². The number of amides is 1. The number of hydrogen-bond acceptors (Lipinski definition) is 5. The highest BCUT2D eigenvalue weighted by atomic mass is 19.4. The molecule has 1 atom stereocenters. The fourth-order valence-electron chi connectivity index (χ4n) is 4.48. The molecule has 0 aromatic carbocycles. The smallest absolute Gasteiger partial charge is 0.360 e. The summed E-state index contributed by atoms with van der Waals surface area (Å²) in [5.41, 5.74) is -0.322. The molecule has 0 radical (unpaired) electrons. The topological polar surface area (TPSA) is 58.6 Å². The fraction of sp³-hybridized carbons (Fsp3) is 0.522. The normalized spacial score (nSPS) is 21.5. The minimum absolute atomic E-state index is 0.121. The van der Waals surface area contributed by atoms with Crippen LogP contribution < -0.4 is 0 Å². The van der Waals surface area contributed by atoms with E-state index in [1.54, 1.807) is 24.0 Å². The third-order valence-corrected chi connectivity index (χ3v) is 6.26. The molecule has 1 spiro atoms. The van der Waals surface area contributed by atoms with Gasteiger partial charge in [-0.25, -0.2) is 9.37 Å². The molecule has 2 aromatic rings. The molecule has 2 aliphatic heterocycles. The van der Waals surface area contributed by atoms with Crippen molar-refractivity contribution < 1.29 is 27.1 Å². The molecule has 2 aliphatic rings. The maximum Gasteiger partial charge on any atom is 0.433 e. The van der Waals surface area contributed by atoms with Crippen molar-refractivity contribution in [1.29, 1.82) is 0 Å². The Bertz CT molecular complexity index is 975. The van der Waals surface area contributed by atoms with Gasteiger partial charge in [-0.3, -0.25) is 9.78 Å². The lowest BCUT2D eigenvalue weighted by atomic mass is 9.88. The van der Waals surface area contributed by atoms with Crippen LogP contribution in [0.1, 0.15) is 36.8 Å². The molecule has 6 nitrogen and oxygen atoms in total. The molecule has 4 heterocycles. The summed E-state index contributed by atoms with van der Waals surface area (Å²) in [4.78, 5) is 24.3. The Labute approximate surface area is 189 Å². The molecule has 4 rings (SSSR count). The number of carbonyl (C=O) groups is 1. The van der Waals surface area contributed by atoms with Crippen LogP contribution in [-0.4, -0.2) is 63.6 Å². The number of hydrogen-bond donors (Lipinski definition) is 0. The van der Waals surface area contributed by atoms with Gasteiger partial charge in [-0.1, -0.05) is 6.07 Å². The first kappa shape index (κ1) is 23.6. The quantitative estimate of drug-likeness (QED) is 0.632. The van der Waals surface area contributed by atoms with Gasteiger partial charge < -0.3 is 14.5 Å². The van der Waals surface area contributed by atoms with Gasteiger partial charge >= 0.3 is 6.18 Å². The number of morpholine rings is 1. The molecule has 0 saturated carbocycles. The molecule has 10 heteroatoms. The van der Waals surface area contributed by atoms with Crippen molar-refractivity contribution in [3.8, 4) is 0 Å².